The molecular weight excluding hydrogens is 150 g/mol. The molecule has 1 saturated heterocycles. The second-order valence-electron chi connectivity index (χ2n) is 4.44. The van der Waals surface area contributed by atoms with E-state index >= 15 is 0 Å². The van der Waals surface area contributed by atoms with Gasteiger partial charge in [-0.05, 0) is 25.2 Å². The largest absolute Gasteiger partial charge is 0.394 e. The van der Waals surface area contributed by atoms with E-state index in [4.69, 9.17) is 5.11 Å². The van der Waals surface area contributed by atoms with Crippen LogP contribution in [0.15, 0.2) is 0 Å². The summed E-state index contributed by atoms with van der Waals surface area (Å²) in [5.41, 5.74) is 0.254. The smallest absolute Gasteiger partial charge is 0.0615 e. The molecule has 0 amide bonds. The predicted molar refractivity (Wildman–Crippen MR) is 49.0 cm³/mol. The maximum Gasteiger partial charge on any atom is 0.0615 e. The second-order valence-corrected chi connectivity index (χ2v) is 4.44. The molecule has 0 unspecified atom stereocenters. The lowest BCUT2D eigenvalue weighted by atomic mass is 9.92. The second kappa shape index (κ2) is 3.00. The van der Waals surface area contributed by atoms with Crippen molar-refractivity contribution in [3.8, 4) is 0 Å². The minimum absolute atomic E-state index is 0.254. The molecule has 0 aromatic heterocycles. The molecule has 2 nitrogen and oxygen atoms in total. The molecule has 1 saturated carbocycles. The van der Waals surface area contributed by atoms with Crippen molar-refractivity contribution in [2.75, 3.05) is 19.7 Å². The first-order valence-corrected chi connectivity index (χ1v) is 5.16. The molecule has 0 radical (unpaired) electrons. The monoisotopic (exact) mass is 169 g/mol. The van der Waals surface area contributed by atoms with Gasteiger partial charge in [-0.15, -0.1) is 0 Å². The van der Waals surface area contributed by atoms with E-state index in [1.54, 1.807) is 0 Å². The number of aliphatic hydroxyl groups is 1. The van der Waals surface area contributed by atoms with Crippen LogP contribution < -0.4 is 0 Å². The van der Waals surface area contributed by atoms with Crippen molar-refractivity contribution in [2.24, 2.45) is 5.92 Å². The van der Waals surface area contributed by atoms with Crippen LogP contribution in [0, 0.1) is 5.92 Å². The molecule has 1 N–H and O–H groups in total. The predicted octanol–water partition coefficient (Wildman–Crippen LogP) is 1.24. The van der Waals surface area contributed by atoms with Crippen molar-refractivity contribution in [1.82, 2.24) is 4.90 Å². The van der Waals surface area contributed by atoms with Crippen molar-refractivity contribution < 1.29 is 5.11 Å². The Balaban J connectivity index is 1.74. The molecule has 1 aliphatic carbocycles. The summed E-state index contributed by atoms with van der Waals surface area (Å²) in [6.45, 7) is 5.12. The van der Waals surface area contributed by atoms with Gasteiger partial charge >= 0.3 is 0 Å². The Morgan fingerprint density at radius 3 is 2.50 bits per heavy atom. The van der Waals surface area contributed by atoms with Crippen molar-refractivity contribution in [3.05, 3.63) is 0 Å². The third-order valence-corrected chi connectivity index (χ3v) is 3.45. The number of likely N-dealkylation sites (tertiary alicyclic amines) is 1. The average Bonchev–Trinajstić information content (AvgIpc) is 2.76. The number of rotatable bonds is 4. The summed E-state index contributed by atoms with van der Waals surface area (Å²) in [6.07, 6.45) is 5.13. The van der Waals surface area contributed by atoms with Crippen LogP contribution in [0.5, 0.6) is 0 Å². The third-order valence-electron chi connectivity index (χ3n) is 3.45. The Hall–Kier alpha value is -0.0800. The maximum atomic E-state index is 9.17. The molecule has 1 heterocycles. The fourth-order valence-corrected chi connectivity index (χ4v) is 2.27. The van der Waals surface area contributed by atoms with E-state index in [1.807, 2.05) is 0 Å². The number of nitrogens with zero attached hydrogens (tertiary/aromatic N) is 1. The Bertz CT molecular complexity index is 159. The molecule has 12 heavy (non-hydrogen) atoms. The summed E-state index contributed by atoms with van der Waals surface area (Å²) >= 11 is 0. The van der Waals surface area contributed by atoms with Gasteiger partial charge in [0.05, 0.1) is 6.61 Å². The zero-order valence-corrected chi connectivity index (χ0v) is 7.92. The summed E-state index contributed by atoms with van der Waals surface area (Å²) < 4.78 is 0. The average molecular weight is 169 g/mol. The Morgan fingerprint density at radius 1 is 1.42 bits per heavy atom. The summed E-state index contributed by atoms with van der Waals surface area (Å²) in [5, 5.41) is 9.17. The SMILES string of the molecule is CCCC1CN(C2(CO)CC2)C1. The summed E-state index contributed by atoms with van der Waals surface area (Å²) in [6, 6.07) is 0. The number of aliphatic hydroxyl groups excluding tert-OH is 1. The molecule has 2 fully saturated rings. The molecule has 70 valence electrons. The van der Waals surface area contributed by atoms with Crippen LogP contribution in [0.4, 0.5) is 0 Å². The van der Waals surface area contributed by atoms with Crippen LogP contribution in [0.2, 0.25) is 0 Å². The van der Waals surface area contributed by atoms with Gasteiger partial charge in [-0.25, -0.2) is 0 Å². The Kier molecular flexibility index (Phi) is 2.13. The van der Waals surface area contributed by atoms with Crippen LogP contribution in [0.25, 0.3) is 0 Å². The van der Waals surface area contributed by atoms with Gasteiger partial charge < -0.3 is 5.11 Å². The molecule has 2 heteroatoms. The zero-order valence-electron chi connectivity index (χ0n) is 7.92. The van der Waals surface area contributed by atoms with Gasteiger partial charge in [-0.1, -0.05) is 13.3 Å². The van der Waals surface area contributed by atoms with Crippen molar-refractivity contribution in [1.29, 1.82) is 0 Å². The highest BCUT2D eigenvalue weighted by molar-refractivity contribution is 5.07. The summed E-state index contributed by atoms with van der Waals surface area (Å²) in [5.74, 6) is 0.930. The van der Waals surface area contributed by atoms with E-state index in [2.05, 4.69) is 11.8 Å². The normalized spacial score (nSPS) is 28.5. The van der Waals surface area contributed by atoms with Crippen molar-refractivity contribution in [3.63, 3.8) is 0 Å². The molecule has 0 aromatic rings. The van der Waals surface area contributed by atoms with Gasteiger partial charge in [0.2, 0.25) is 0 Å². The topological polar surface area (TPSA) is 23.5 Å². The van der Waals surface area contributed by atoms with Crippen LogP contribution in [-0.2, 0) is 0 Å². The highest BCUT2D eigenvalue weighted by Crippen LogP contribution is 2.45. The first-order valence-electron chi connectivity index (χ1n) is 5.16. The van der Waals surface area contributed by atoms with E-state index in [9.17, 15) is 0 Å². The Labute approximate surface area is 74.6 Å². The zero-order chi connectivity index (χ0) is 8.60. The van der Waals surface area contributed by atoms with Gasteiger partial charge in [-0.3, -0.25) is 4.90 Å². The third kappa shape index (κ3) is 1.27. The van der Waals surface area contributed by atoms with Gasteiger partial charge in [0, 0.05) is 18.6 Å². The fourth-order valence-electron chi connectivity index (χ4n) is 2.27. The molecular formula is C10H19NO. The molecule has 0 atom stereocenters. The van der Waals surface area contributed by atoms with Crippen LogP contribution >= 0.6 is 0 Å². The van der Waals surface area contributed by atoms with Crippen LogP contribution in [-0.4, -0.2) is 35.2 Å². The lowest BCUT2D eigenvalue weighted by Gasteiger charge is -2.44. The highest BCUT2D eigenvalue weighted by Gasteiger charge is 2.51. The van der Waals surface area contributed by atoms with Crippen molar-refractivity contribution in [2.45, 2.75) is 38.1 Å². The summed E-state index contributed by atoms with van der Waals surface area (Å²) in [7, 11) is 0. The quantitative estimate of drug-likeness (QED) is 0.684. The molecule has 2 aliphatic rings. The van der Waals surface area contributed by atoms with Crippen LogP contribution in [0.1, 0.15) is 32.6 Å². The maximum absolute atomic E-state index is 9.17. The highest BCUT2D eigenvalue weighted by atomic mass is 16.3. The van der Waals surface area contributed by atoms with Gasteiger partial charge in [0.15, 0.2) is 0 Å². The van der Waals surface area contributed by atoms with Gasteiger partial charge in [0.1, 0.15) is 0 Å². The van der Waals surface area contributed by atoms with E-state index in [-0.39, 0.29) is 5.54 Å². The standard InChI is InChI=1S/C10H19NO/c1-2-3-9-6-11(7-9)10(8-12)4-5-10/h9,12H,2-8H2,1H3. The minimum atomic E-state index is 0.254. The molecule has 2 rings (SSSR count). The van der Waals surface area contributed by atoms with E-state index in [0.717, 1.165) is 5.92 Å². The van der Waals surface area contributed by atoms with E-state index in [1.165, 1.54) is 38.8 Å². The van der Waals surface area contributed by atoms with Crippen LogP contribution in [0.3, 0.4) is 0 Å². The van der Waals surface area contributed by atoms with Crippen molar-refractivity contribution >= 4 is 0 Å². The first kappa shape index (κ1) is 8.52. The molecule has 0 bridgehead atoms. The fraction of sp³-hybridized carbons (Fsp3) is 1.00. The van der Waals surface area contributed by atoms with E-state index < -0.39 is 0 Å². The Morgan fingerprint density at radius 2 is 2.08 bits per heavy atom. The van der Waals surface area contributed by atoms with E-state index in [0.29, 0.717) is 6.61 Å². The lowest BCUT2D eigenvalue weighted by molar-refractivity contribution is 0.00617. The van der Waals surface area contributed by atoms with Gasteiger partial charge in [-0.2, -0.15) is 0 Å². The number of hydrogen-bond donors (Lipinski definition) is 1. The summed E-state index contributed by atoms with van der Waals surface area (Å²) in [4.78, 5) is 2.48. The lowest BCUT2D eigenvalue weighted by Crippen LogP contribution is -2.54. The number of hydrogen-bond acceptors (Lipinski definition) is 2. The molecule has 0 aromatic carbocycles. The first-order chi connectivity index (χ1) is 5.80. The van der Waals surface area contributed by atoms with Gasteiger partial charge in [0.25, 0.3) is 0 Å². The molecule has 0 spiro atoms. The molecule has 1 aliphatic heterocycles. The minimum Gasteiger partial charge on any atom is -0.394 e.